The van der Waals surface area contributed by atoms with Gasteiger partial charge >= 0.3 is 0 Å². The van der Waals surface area contributed by atoms with Crippen molar-refractivity contribution in [3.8, 4) is 0 Å². The molecule has 0 amide bonds. The van der Waals surface area contributed by atoms with Gasteiger partial charge in [0.25, 0.3) is 0 Å². The van der Waals surface area contributed by atoms with E-state index in [2.05, 4.69) is 0 Å². The van der Waals surface area contributed by atoms with Crippen LogP contribution in [0.15, 0.2) is 17.0 Å². The largest absolute Gasteiger partial charge is 0.397 e. The van der Waals surface area contributed by atoms with Crippen LogP contribution in [-0.4, -0.2) is 25.8 Å². The van der Waals surface area contributed by atoms with Gasteiger partial charge < -0.3 is 5.73 Å². The Labute approximate surface area is 131 Å². The fourth-order valence-corrected chi connectivity index (χ4v) is 4.59. The maximum absolute atomic E-state index is 13.0. The second kappa shape index (κ2) is 5.45. The molecule has 0 unspecified atom stereocenters. The second-order valence-corrected chi connectivity index (χ2v) is 8.66. The van der Waals surface area contributed by atoms with Crippen LogP contribution >= 0.6 is 11.6 Å². The summed E-state index contributed by atoms with van der Waals surface area (Å²) in [7, 11) is -3.49. The molecule has 4 nitrogen and oxygen atoms in total. The Balaban J connectivity index is 1.93. The topological polar surface area (TPSA) is 63.4 Å². The van der Waals surface area contributed by atoms with E-state index >= 15 is 0 Å². The molecule has 6 heteroatoms. The van der Waals surface area contributed by atoms with E-state index < -0.39 is 10.0 Å². The van der Waals surface area contributed by atoms with Crippen molar-refractivity contribution in [3.05, 3.63) is 22.7 Å². The van der Waals surface area contributed by atoms with E-state index in [9.17, 15) is 8.42 Å². The molecule has 1 aromatic rings. The summed E-state index contributed by atoms with van der Waals surface area (Å²) in [5, 5.41) is 0.405. The van der Waals surface area contributed by atoms with Crippen molar-refractivity contribution in [2.45, 2.75) is 37.5 Å². The molecule has 0 atom stereocenters. The molecular weight excluding hydrogens is 308 g/mol. The molecule has 2 aliphatic carbocycles. The van der Waals surface area contributed by atoms with Gasteiger partial charge in [-0.3, -0.25) is 0 Å². The molecule has 2 aliphatic rings. The standard InChI is InChI=1S/C15H21ClN2O2S/c1-10-6-13(16)14(17)7-15(10)21(19,20)18(8-11-2-3-11)9-12-4-5-12/h6-7,11-12H,2-5,8-9,17H2,1H3. The average molecular weight is 329 g/mol. The number of halogens is 1. The summed E-state index contributed by atoms with van der Waals surface area (Å²) < 4.78 is 27.6. The number of nitrogen functional groups attached to an aromatic ring is 1. The lowest BCUT2D eigenvalue weighted by Crippen LogP contribution is -2.35. The van der Waals surface area contributed by atoms with E-state index in [-0.39, 0.29) is 0 Å². The SMILES string of the molecule is Cc1cc(Cl)c(N)cc1S(=O)(=O)N(CC1CC1)CC1CC1. The Morgan fingerprint density at radius 2 is 1.71 bits per heavy atom. The van der Waals surface area contributed by atoms with Gasteiger partial charge in [-0.05, 0) is 62.1 Å². The van der Waals surface area contributed by atoms with Crippen molar-refractivity contribution in [2.24, 2.45) is 11.8 Å². The van der Waals surface area contributed by atoms with Crippen LogP contribution in [0.3, 0.4) is 0 Å². The van der Waals surface area contributed by atoms with Gasteiger partial charge in [0.2, 0.25) is 10.0 Å². The molecule has 2 N–H and O–H groups in total. The minimum absolute atomic E-state index is 0.297. The van der Waals surface area contributed by atoms with Crippen molar-refractivity contribution in [1.82, 2.24) is 4.31 Å². The zero-order valence-corrected chi connectivity index (χ0v) is 13.8. The summed E-state index contributed by atoms with van der Waals surface area (Å²) >= 11 is 5.97. The van der Waals surface area contributed by atoms with Gasteiger partial charge in [-0.25, -0.2) is 8.42 Å². The number of nitrogens with two attached hydrogens (primary N) is 1. The second-order valence-electron chi connectivity index (χ2n) is 6.35. The molecule has 0 spiro atoms. The molecule has 0 saturated heterocycles. The van der Waals surface area contributed by atoms with Crippen molar-refractivity contribution in [3.63, 3.8) is 0 Å². The first-order valence-electron chi connectivity index (χ1n) is 7.43. The minimum atomic E-state index is -3.49. The van der Waals surface area contributed by atoms with Gasteiger partial charge in [0.05, 0.1) is 15.6 Å². The molecular formula is C15H21ClN2O2S. The Morgan fingerprint density at radius 3 is 2.19 bits per heavy atom. The van der Waals surface area contributed by atoms with Crippen LogP contribution in [0.1, 0.15) is 31.2 Å². The maximum Gasteiger partial charge on any atom is 0.243 e. The van der Waals surface area contributed by atoms with Gasteiger partial charge in [-0.2, -0.15) is 4.31 Å². The van der Waals surface area contributed by atoms with E-state index in [0.717, 1.165) is 25.7 Å². The molecule has 0 aromatic heterocycles. The number of aryl methyl sites for hydroxylation is 1. The summed E-state index contributed by atoms with van der Waals surface area (Å²) in [6.45, 7) is 3.05. The number of anilines is 1. The lowest BCUT2D eigenvalue weighted by molar-refractivity contribution is 0.382. The fraction of sp³-hybridized carbons (Fsp3) is 0.600. The van der Waals surface area contributed by atoms with E-state index in [1.807, 2.05) is 0 Å². The number of benzene rings is 1. The van der Waals surface area contributed by atoms with Crippen LogP contribution < -0.4 is 5.73 Å². The Hall–Kier alpha value is -0.780. The molecule has 0 bridgehead atoms. The molecule has 0 heterocycles. The van der Waals surface area contributed by atoms with Crippen molar-refractivity contribution >= 4 is 27.3 Å². The highest BCUT2D eigenvalue weighted by atomic mass is 35.5. The van der Waals surface area contributed by atoms with Crippen LogP contribution in [0.4, 0.5) is 5.69 Å². The Kier molecular flexibility index (Phi) is 3.93. The third-order valence-electron chi connectivity index (χ3n) is 4.23. The highest BCUT2D eigenvalue weighted by Gasteiger charge is 2.36. The van der Waals surface area contributed by atoms with Crippen molar-refractivity contribution < 1.29 is 8.42 Å². The fourth-order valence-electron chi connectivity index (χ4n) is 2.53. The smallest absolute Gasteiger partial charge is 0.243 e. The van der Waals surface area contributed by atoms with E-state index in [0.29, 0.717) is 46.1 Å². The average Bonchev–Trinajstić information content (AvgIpc) is 3.27. The van der Waals surface area contributed by atoms with Gasteiger partial charge in [0, 0.05) is 13.1 Å². The minimum Gasteiger partial charge on any atom is -0.397 e. The van der Waals surface area contributed by atoms with Crippen LogP contribution in [-0.2, 0) is 10.0 Å². The lowest BCUT2D eigenvalue weighted by atomic mass is 10.2. The molecule has 0 radical (unpaired) electrons. The zero-order chi connectivity index (χ0) is 15.2. The number of rotatable bonds is 6. The quantitative estimate of drug-likeness (QED) is 0.816. The summed E-state index contributed by atoms with van der Waals surface area (Å²) in [4.78, 5) is 0.297. The molecule has 1 aromatic carbocycles. The van der Waals surface area contributed by atoms with E-state index in [4.69, 9.17) is 17.3 Å². The third-order valence-corrected chi connectivity index (χ3v) is 6.53. The zero-order valence-electron chi connectivity index (χ0n) is 12.2. The molecule has 116 valence electrons. The first-order valence-corrected chi connectivity index (χ1v) is 9.25. The highest BCUT2D eigenvalue weighted by molar-refractivity contribution is 7.89. The van der Waals surface area contributed by atoms with Gasteiger partial charge in [-0.1, -0.05) is 11.6 Å². The first-order chi connectivity index (χ1) is 9.88. The van der Waals surface area contributed by atoms with E-state index in [1.54, 1.807) is 17.3 Å². The predicted molar refractivity (Wildman–Crippen MR) is 84.8 cm³/mol. The van der Waals surface area contributed by atoms with Crippen LogP contribution in [0.25, 0.3) is 0 Å². The first kappa shape index (κ1) is 15.1. The summed E-state index contributed by atoms with van der Waals surface area (Å²) in [5.41, 5.74) is 6.77. The number of nitrogens with zero attached hydrogens (tertiary/aromatic N) is 1. The van der Waals surface area contributed by atoms with E-state index in [1.165, 1.54) is 6.07 Å². The Bertz CT molecular complexity index is 638. The van der Waals surface area contributed by atoms with Crippen LogP contribution in [0.2, 0.25) is 5.02 Å². The van der Waals surface area contributed by atoms with Gasteiger partial charge in [-0.15, -0.1) is 0 Å². The number of hydrogen-bond acceptors (Lipinski definition) is 3. The predicted octanol–water partition coefficient (Wildman–Crippen LogP) is 3.04. The van der Waals surface area contributed by atoms with Gasteiger partial charge in [0.15, 0.2) is 0 Å². The Morgan fingerprint density at radius 1 is 1.19 bits per heavy atom. The molecule has 21 heavy (non-hydrogen) atoms. The summed E-state index contributed by atoms with van der Waals surface area (Å²) in [6.07, 6.45) is 4.55. The third kappa shape index (κ3) is 3.35. The van der Waals surface area contributed by atoms with Gasteiger partial charge in [0.1, 0.15) is 0 Å². The maximum atomic E-state index is 13.0. The molecule has 2 fully saturated rings. The molecule has 0 aliphatic heterocycles. The van der Waals surface area contributed by atoms with Crippen molar-refractivity contribution in [1.29, 1.82) is 0 Å². The normalized spacial score (nSPS) is 19.2. The highest BCUT2D eigenvalue weighted by Crippen LogP contribution is 2.37. The number of sulfonamides is 1. The molecule has 3 rings (SSSR count). The van der Waals surface area contributed by atoms with Crippen molar-refractivity contribution in [2.75, 3.05) is 18.8 Å². The summed E-state index contributed by atoms with van der Waals surface area (Å²) in [5.74, 6) is 1.06. The molecule has 2 saturated carbocycles. The number of hydrogen-bond donors (Lipinski definition) is 1. The summed E-state index contributed by atoms with van der Waals surface area (Å²) in [6, 6.07) is 3.13. The lowest BCUT2D eigenvalue weighted by Gasteiger charge is -2.23. The van der Waals surface area contributed by atoms with Crippen LogP contribution in [0, 0.1) is 18.8 Å². The van der Waals surface area contributed by atoms with Crippen LogP contribution in [0.5, 0.6) is 0 Å². The monoisotopic (exact) mass is 328 g/mol.